The van der Waals surface area contributed by atoms with Gasteiger partial charge in [0.2, 0.25) is 0 Å². The largest absolute Gasteiger partial charge is 0.468 e. The predicted octanol–water partition coefficient (Wildman–Crippen LogP) is 1.43. The fourth-order valence-corrected chi connectivity index (χ4v) is 4.36. The summed E-state index contributed by atoms with van der Waals surface area (Å²) in [5, 5.41) is 0. The summed E-state index contributed by atoms with van der Waals surface area (Å²) in [6, 6.07) is 3.43. The first-order valence-electron chi connectivity index (χ1n) is 7.08. The molecule has 2 aliphatic rings. The highest BCUT2D eigenvalue weighted by Crippen LogP contribution is 2.33. The third-order valence-electron chi connectivity index (χ3n) is 3.90. The van der Waals surface area contributed by atoms with E-state index in [1.807, 2.05) is 6.07 Å². The lowest BCUT2D eigenvalue weighted by Gasteiger charge is -2.23. The summed E-state index contributed by atoms with van der Waals surface area (Å²) < 4.78 is 39.8. The Labute approximate surface area is 119 Å². The number of nitrogens with zero attached hydrogens (tertiary/aromatic N) is 1. The molecule has 0 amide bonds. The summed E-state index contributed by atoms with van der Waals surface area (Å²) in [6.45, 7) is 1.61. The van der Waals surface area contributed by atoms with Crippen LogP contribution in [0.3, 0.4) is 0 Å². The molecule has 0 unspecified atom stereocenters. The maximum absolute atomic E-state index is 12.4. The first kappa shape index (κ1) is 14.1. The van der Waals surface area contributed by atoms with E-state index in [2.05, 4.69) is 4.72 Å². The first-order chi connectivity index (χ1) is 9.67. The summed E-state index contributed by atoms with van der Waals surface area (Å²) >= 11 is 0. The molecule has 3 rings (SSSR count). The van der Waals surface area contributed by atoms with E-state index in [0.29, 0.717) is 18.8 Å². The molecule has 0 spiro atoms. The van der Waals surface area contributed by atoms with Crippen LogP contribution in [0, 0.1) is 0 Å². The van der Waals surface area contributed by atoms with Gasteiger partial charge in [-0.3, -0.25) is 0 Å². The third kappa shape index (κ3) is 2.90. The van der Waals surface area contributed by atoms with Gasteiger partial charge in [0, 0.05) is 19.7 Å². The lowest BCUT2D eigenvalue weighted by atomic mass is 10.2. The van der Waals surface area contributed by atoms with Gasteiger partial charge in [-0.25, -0.2) is 0 Å². The molecule has 20 heavy (non-hydrogen) atoms. The summed E-state index contributed by atoms with van der Waals surface area (Å²) in [6.07, 6.45) is 5.17. The van der Waals surface area contributed by atoms with Gasteiger partial charge in [0.15, 0.2) is 0 Å². The second-order valence-corrected chi connectivity index (χ2v) is 6.98. The number of furan rings is 1. The van der Waals surface area contributed by atoms with E-state index in [1.165, 1.54) is 4.31 Å². The van der Waals surface area contributed by atoms with Crippen LogP contribution in [-0.4, -0.2) is 38.5 Å². The van der Waals surface area contributed by atoms with Gasteiger partial charge in [0.1, 0.15) is 5.76 Å². The molecule has 1 aromatic heterocycles. The molecule has 112 valence electrons. The zero-order chi connectivity index (χ0) is 14.0. The Hall–Kier alpha value is -0.890. The number of rotatable bonds is 5. The average molecular weight is 300 g/mol. The predicted molar refractivity (Wildman–Crippen MR) is 73.3 cm³/mol. The number of nitrogens with one attached hydrogen (secondary N) is 1. The van der Waals surface area contributed by atoms with E-state index in [0.717, 1.165) is 32.3 Å². The highest BCUT2D eigenvalue weighted by molar-refractivity contribution is 7.87. The molecule has 1 N–H and O–H groups in total. The molecule has 2 fully saturated rings. The monoisotopic (exact) mass is 300 g/mol. The van der Waals surface area contributed by atoms with E-state index in [9.17, 15) is 8.42 Å². The van der Waals surface area contributed by atoms with Crippen LogP contribution < -0.4 is 4.72 Å². The van der Waals surface area contributed by atoms with Crippen molar-refractivity contribution in [2.75, 3.05) is 19.7 Å². The van der Waals surface area contributed by atoms with Crippen LogP contribution in [0.4, 0.5) is 0 Å². The Kier molecular flexibility index (Phi) is 4.11. The molecule has 0 bridgehead atoms. The average Bonchev–Trinajstić information content (AvgIpc) is 3.16. The van der Waals surface area contributed by atoms with Crippen LogP contribution in [-0.2, 0) is 14.9 Å². The Morgan fingerprint density at radius 2 is 2.25 bits per heavy atom. The SMILES string of the molecule is O=S(=O)(NC[C@H]1CCCO1)N1CCC[C@H]1c1ccco1. The Morgan fingerprint density at radius 1 is 1.35 bits per heavy atom. The molecule has 2 atom stereocenters. The minimum Gasteiger partial charge on any atom is -0.468 e. The molecular weight excluding hydrogens is 280 g/mol. The van der Waals surface area contributed by atoms with Crippen molar-refractivity contribution in [2.24, 2.45) is 0 Å². The van der Waals surface area contributed by atoms with Crippen molar-refractivity contribution in [3.05, 3.63) is 24.2 Å². The van der Waals surface area contributed by atoms with Crippen LogP contribution in [0.15, 0.2) is 22.8 Å². The van der Waals surface area contributed by atoms with Crippen LogP contribution in [0.25, 0.3) is 0 Å². The molecule has 6 nitrogen and oxygen atoms in total. The molecule has 2 saturated heterocycles. The molecule has 0 radical (unpaired) electrons. The van der Waals surface area contributed by atoms with E-state index in [1.54, 1.807) is 12.3 Å². The van der Waals surface area contributed by atoms with Gasteiger partial charge in [0.25, 0.3) is 10.2 Å². The topological polar surface area (TPSA) is 71.8 Å². The molecule has 3 heterocycles. The highest BCUT2D eigenvalue weighted by atomic mass is 32.2. The van der Waals surface area contributed by atoms with Crippen LogP contribution in [0.5, 0.6) is 0 Å². The fourth-order valence-electron chi connectivity index (χ4n) is 2.88. The molecular formula is C13H20N2O4S. The zero-order valence-corrected chi connectivity index (χ0v) is 12.1. The van der Waals surface area contributed by atoms with Gasteiger partial charge in [-0.2, -0.15) is 17.4 Å². The molecule has 0 aliphatic carbocycles. The maximum Gasteiger partial charge on any atom is 0.280 e. The number of ether oxygens (including phenoxy) is 1. The van der Waals surface area contributed by atoms with E-state index in [-0.39, 0.29) is 12.1 Å². The number of hydrogen-bond donors (Lipinski definition) is 1. The standard InChI is InChI=1S/C13H20N2O4S/c16-20(17,14-10-11-4-2-8-18-11)15-7-1-5-12(15)13-6-3-9-19-13/h3,6,9,11-12,14H,1-2,4-5,7-8,10H2/t11-,12+/m1/s1. The summed E-state index contributed by atoms with van der Waals surface area (Å²) in [5.41, 5.74) is 0. The maximum atomic E-state index is 12.4. The molecule has 2 aliphatic heterocycles. The van der Waals surface area contributed by atoms with E-state index < -0.39 is 10.2 Å². The zero-order valence-electron chi connectivity index (χ0n) is 11.3. The second kappa shape index (κ2) is 5.85. The quantitative estimate of drug-likeness (QED) is 0.893. The lowest BCUT2D eigenvalue weighted by molar-refractivity contribution is 0.114. The van der Waals surface area contributed by atoms with Gasteiger partial charge in [-0.05, 0) is 37.8 Å². The van der Waals surface area contributed by atoms with E-state index in [4.69, 9.17) is 9.15 Å². The van der Waals surface area contributed by atoms with Gasteiger partial charge < -0.3 is 9.15 Å². The van der Waals surface area contributed by atoms with Crippen LogP contribution >= 0.6 is 0 Å². The van der Waals surface area contributed by atoms with Crippen molar-refractivity contribution in [1.82, 2.24) is 9.03 Å². The normalized spacial score (nSPS) is 28.2. The Balaban J connectivity index is 1.66. The van der Waals surface area contributed by atoms with Gasteiger partial charge in [-0.1, -0.05) is 0 Å². The number of hydrogen-bond acceptors (Lipinski definition) is 4. The smallest absolute Gasteiger partial charge is 0.280 e. The third-order valence-corrected chi connectivity index (χ3v) is 5.49. The van der Waals surface area contributed by atoms with Crippen molar-refractivity contribution in [1.29, 1.82) is 0 Å². The van der Waals surface area contributed by atoms with Crippen LogP contribution in [0.1, 0.15) is 37.5 Å². The van der Waals surface area contributed by atoms with Gasteiger partial charge in [-0.15, -0.1) is 0 Å². The Morgan fingerprint density at radius 3 is 2.95 bits per heavy atom. The molecule has 1 aromatic rings. The Bertz CT molecular complexity index is 523. The summed E-state index contributed by atoms with van der Waals surface area (Å²) in [7, 11) is -3.48. The summed E-state index contributed by atoms with van der Waals surface area (Å²) in [4.78, 5) is 0. The van der Waals surface area contributed by atoms with Crippen molar-refractivity contribution >= 4 is 10.2 Å². The van der Waals surface area contributed by atoms with Crippen molar-refractivity contribution < 1.29 is 17.6 Å². The van der Waals surface area contributed by atoms with Crippen LogP contribution in [0.2, 0.25) is 0 Å². The molecule has 0 saturated carbocycles. The van der Waals surface area contributed by atoms with Gasteiger partial charge in [0.05, 0.1) is 18.4 Å². The summed E-state index contributed by atoms with van der Waals surface area (Å²) in [5.74, 6) is 0.713. The highest BCUT2D eigenvalue weighted by Gasteiger charge is 2.36. The van der Waals surface area contributed by atoms with Crippen molar-refractivity contribution in [3.63, 3.8) is 0 Å². The van der Waals surface area contributed by atoms with Gasteiger partial charge >= 0.3 is 0 Å². The fraction of sp³-hybridized carbons (Fsp3) is 0.692. The minimum absolute atomic E-state index is 0.00874. The van der Waals surface area contributed by atoms with Crippen molar-refractivity contribution in [2.45, 2.75) is 37.8 Å². The molecule has 7 heteroatoms. The second-order valence-electron chi connectivity index (χ2n) is 5.27. The minimum atomic E-state index is -3.48. The van der Waals surface area contributed by atoms with E-state index >= 15 is 0 Å². The lowest BCUT2D eigenvalue weighted by Crippen LogP contribution is -2.43. The van der Waals surface area contributed by atoms with Crippen molar-refractivity contribution in [3.8, 4) is 0 Å². The molecule has 0 aromatic carbocycles. The first-order valence-corrected chi connectivity index (χ1v) is 8.52.